The molecular formula is C28H29N5O4. The van der Waals surface area contributed by atoms with Crippen molar-refractivity contribution in [2.75, 3.05) is 18.0 Å². The molecule has 4 aromatic rings. The van der Waals surface area contributed by atoms with E-state index in [2.05, 4.69) is 16.8 Å². The zero-order valence-electron chi connectivity index (χ0n) is 20.7. The van der Waals surface area contributed by atoms with Crippen LogP contribution < -0.4 is 15.0 Å². The summed E-state index contributed by atoms with van der Waals surface area (Å²) >= 11 is 0. The van der Waals surface area contributed by atoms with E-state index in [1.165, 1.54) is 0 Å². The van der Waals surface area contributed by atoms with E-state index in [1.54, 1.807) is 17.0 Å². The number of para-hydroxylation sites is 1. The Morgan fingerprint density at radius 1 is 1.08 bits per heavy atom. The van der Waals surface area contributed by atoms with Crippen LogP contribution in [0.2, 0.25) is 0 Å². The van der Waals surface area contributed by atoms with Gasteiger partial charge in [-0.1, -0.05) is 55.8 Å². The SMILES string of the molecule is CCCCc1nc2ccc(N3CCCNC3=O)nc2n1Cc1ccc(-c2ccccc2OC(=O)O)cc1. The number of hydrogen-bond donors (Lipinski definition) is 2. The number of imidazole rings is 1. The van der Waals surface area contributed by atoms with Crippen LogP contribution in [0.3, 0.4) is 0 Å². The van der Waals surface area contributed by atoms with E-state index in [9.17, 15) is 9.59 Å². The topological polar surface area (TPSA) is 110 Å². The number of ether oxygens (including phenoxy) is 1. The molecule has 0 atom stereocenters. The van der Waals surface area contributed by atoms with Gasteiger partial charge in [0.25, 0.3) is 0 Å². The van der Waals surface area contributed by atoms with Crippen LogP contribution in [0, 0.1) is 0 Å². The van der Waals surface area contributed by atoms with E-state index in [1.807, 2.05) is 48.5 Å². The second-order valence-electron chi connectivity index (χ2n) is 9.03. The van der Waals surface area contributed by atoms with Crippen molar-refractivity contribution in [3.05, 3.63) is 72.1 Å². The van der Waals surface area contributed by atoms with Crippen molar-refractivity contribution in [3.8, 4) is 16.9 Å². The van der Waals surface area contributed by atoms with Gasteiger partial charge in [0.2, 0.25) is 0 Å². The van der Waals surface area contributed by atoms with Gasteiger partial charge in [-0.2, -0.15) is 0 Å². The molecule has 0 radical (unpaired) electrons. The highest BCUT2D eigenvalue weighted by Gasteiger charge is 2.22. The number of unbranched alkanes of at least 4 members (excludes halogenated alkanes) is 1. The average molecular weight is 500 g/mol. The van der Waals surface area contributed by atoms with Crippen molar-refractivity contribution < 1.29 is 19.4 Å². The molecule has 1 saturated heterocycles. The van der Waals surface area contributed by atoms with Gasteiger partial charge in [0, 0.05) is 25.1 Å². The quantitative estimate of drug-likeness (QED) is 0.246. The van der Waals surface area contributed by atoms with Gasteiger partial charge >= 0.3 is 12.2 Å². The summed E-state index contributed by atoms with van der Waals surface area (Å²) in [4.78, 5) is 34.9. The van der Waals surface area contributed by atoms with Crippen molar-refractivity contribution in [2.45, 2.75) is 39.2 Å². The van der Waals surface area contributed by atoms with Crippen LogP contribution in [0.25, 0.3) is 22.3 Å². The minimum atomic E-state index is -1.34. The highest BCUT2D eigenvalue weighted by molar-refractivity contribution is 5.92. The average Bonchev–Trinajstić information content (AvgIpc) is 3.24. The van der Waals surface area contributed by atoms with E-state index >= 15 is 0 Å². The number of benzene rings is 2. The Morgan fingerprint density at radius 2 is 1.89 bits per heavy atom. The largest absolute Gasteiger partial charge is 0.511 e. The fourth-order valence-electron chi connectivity index (χ4n) is 4.59. The molecule has 9 heteroatoms. The highest BCUT2D eigenvalue weighted by atomic mass is 16.7. The number of fused-ring (bicyclic) bond motifs is 1. The van der Waals surface area contributed by atoms with Crippen molar-refractivity contribution in [1.82, 2.24) is 19.9 Å². The molecule has 0 aliphatic carbocycles. The number of aromatic nitrogens is 3. The molecule has 0 unspecified atom stereocenters. The Balaban J connectivity index is 1.47. The summed E-state index contributed by atoms with van der Waals surface area (Å²) in [6.07, 6.45) is 2.44. The van der Waals surface area contributed by atoms with Gasteiger partial charge in [-0.25, -0.2) is 19.6 Å². The molecule has 2 aromatic carbocycles. The molecule has 0 saturated carbocycles. The molecule has 2 N–H and O–H groups in total. The number of anilines is 1. The summed E-state index contributed by atoms with van der Waals surface area (Å²) in [6.45, 7) is 4.05. The summed E-state index contributed by atoms with van der Waals surface area (Å²) in [5.74, 6) is 1.89. The molecule has 9 nitrogen and oxygen atoms in total. The molecule has 1 aliphatic rings. The Kier molecular flexibility index (Phi) is 7.02. The highest BCUT2D eigenvalue weighted by Crippen LogP contribution is 2.30. The van der Waals surface area contributed by atoms with Crippen LogP contribution >= 0.6 is 0 Å². The van der Waals surface area contributed by atoms with E-state index < -0.39 is 6.16 Å². The molecule has 1 fully saturated rings. The fourth-order valence-corrected chi connectivity index (χ4v) is 4.59. The van der Waals surface area contributed by atoms with E-state index in [-0.39, 0.29) is 6.03 Å². The van der Waals surface area contributed by atoms with Crippen molar-refractivity contribution in [3.63, 3.8) is 0 Å². The number of pyridine rings is 1. The zero-order chi connectivity index (χ0) is 25.8. The molecule has 3 heterocycles. The minimum Gasteiger partial charge on any atom is -0.449 e. The maximum Gasteiger partial charge on any atom is 0.511 e. The van der Waals surface area contributed by atoms with Gasteiger partial charge in [-0.15, -0.1) is 0 Å². The van der Waals surface area contributed by atoms with Crippen LogP contribution in [0.1, 0.15) is 37.6 Å². The second-order valence-corrected chi connectivity index (χ2v) is 9.03. The number of amides is 2. The van der Waals surface area contributed by atoms with Gasteiger partial charge in [0.1, 0.15) is 22.9 Å². The maximum absolute atomic E-state index is 12.4. The third kappa shape index (κ3) is 5.25. The first kappa shape index (κ1) is 24.3. The Morgan fingerprint density at radius 3 is 2.65 bits per heavy atom. The molecule has 1 aliphatic heterocycles. The molecular weight excluding hydrogens is 470 g/mol. The molecule has 0 spiro atoms. The lowest BCUT2D eigenvalue weighted by Crippen LogP contribution is -2.46. The van der Waals surface area contributed by atoms with Gasteiger partial charge in [0.15, 0.2) is 5.65 Å². The molecule has 190 valence electrons. The Hall–Kier alpha value is -4.40. The Bertz CT molecular complexity index is 1430. The predicted molar refractivity (Wildman–Crippen MR) is 141 cm³/mol. The lowest BCUT2D eigenvalue weighted by molar-refractivity contribution is 0.144. The number of nitrogens with zero attached hydrogens (tertiary/aromatic N) is 4. The number of carbonyl (C=O) groups is 2. The second kappa shape index (κ2) is 10.7. The predicted octanol–water partition coefficient (Wildman–Crippen LogP) is 5.47. The summed E-state index contributed by atoms with van der Waals surface area (Å²) in [5.41, 5.74) is 4.19. The third-order valence-corrected chi connectivity index (χ3v) is 6.46. The van der Waals surface area contributed by atoms with Crippen molar-refractivity contribution >= 4 is 29.2 Å². The van der Waals surface area contributed by atoms with Gasteiger partial charge < -0.3 is 19.7 Å². The first-order valence-corrected chi connectivity index (χ1v) is 12.5. The normalized spacial score (nSPS) is 13.5. The smallest absolute Gasteiger partial charge is 0.449 e. The number of hydrogen-bond acceptors (Lipinski definition) is 5. The molecule has 2 aromatic heterocycles. The Labute approximate surface area is 214 Å². The van der Waals surface area contributed by atoms with Gasteiger partial charge in [0.05, 0.1) is 6.54 Å². The molecule has 5 rings (SSSR count). The fraction of sp³-hybridized carbons (Fsp3) is 0.286. The van der Waals surface area contributed by atoms with Crippen LogP contribution in [0.15, 0.2) is 60.7 Å². The number of nitrogens with one attached hydrogen (secondary N) is 1. The maximum atomic E-state index is 12.4. The summed E-state index contributed by atoms with van der Waals surface area (Å²) in [5, 5.41) is 11.9. The monoisotopic (exact) mass is 499 g/mol. The standard InChI is InChI=1S/C28H29N5O4/c1-2-3-9-24-30-22-14-15-25(32-17-6-16-29-27(32)34)31-26(22)33(24)18-19-10-12-20(13-11-19)21-7-4-5-8-23(21)37-28(35)36/h4-5,7-8,10-15H,2-3,6,9,16-18H2,1H3,(H,29,34)(H,35,36). The van der Waals surface area contributed by atoms with Crippen LogP contribution in [-0.2, 0) is 13.0 Å². The number of carbonyl (C=O) groups excluding carboxylic acids is 1. The van der Waals surface area contributed by atoms with Crippen molar-refractivity contribution in [2.24, 2.45) is 0 Å². The first-order chi connectivity index (χ1) is 18.0. The van der Waals surface area contributed by atoms with Crippen molar-refractivity contribution in [1.29, 1.82) is 0 Å². The van der Waals surface area contributed by atoms with E-state index in [0.29, 0.717) is 36.8 Å². The van der Waals surface area contributed by atoms with Crippen LogP contribution in [0.5, 0.6) is 5.75 Å². The van der Waals surface area contributed by atoms with Crippen LogP contribution in [0.4, 0.5) is 15.4 Å². The van der Waals surface area contributed by atoms with Gasteiger partial charge in [-0.05, 0) is 42.2 Å². The number of aryl methyl sites for hydroxylation is 1. The minimum absolute atomic E-state index is 0.127. The number of rotatable bonds is 8. The zero-order valence-corrected chi connectivity index (χ0v) is 20.7. The summed E-state index contributed by atoms with van der Waals surface area (Å²) in [7, 11) is 0. The third-order valence-electron chi connectivity index (χ3n) is 6.46. The number of carboxylic acid groups (broad SMARTS) is 1. The van der Waals surface area contributed by atoms with E-state index in [4.69, 9.17) is 19.8 Å². The lowest BCUT2D eigenvalue weighted by atomic mass is 10.0. The summed E-state index contributed by atoms with van der Waals surface area (Å²) < 4.78 is 7.08. The summed E-state index contributed by atoms with van der Waals surface area (Å²) in [6, 6.07) is 18.7. The molecule has 0 bridgehead atoms. The van der Waals surface area contributed by atoms with E-state index in [0.717, 1.165) is 53.8 Å². The molecule has 2 amide bonds. The lowest BCUT2D eigenvalue weighted by Gasteiger charge is -2.26. The number of urea groups is 1. The molecule has 37 heavy (non-hydrogen) atoms. The first-order valence-electron chi connectivity index (χ1n) is 12.5. The van der Waals surface area contributed by atoms with Crippen LogP contribution in [-0.4, -0.2) is 44.9 Å². The van der Waals surface area contributed by atoms with Gasteiger partial charge in [-0.3, -0.25) is 4.90 Å².